The number of fused-ring (bicyclic) bond motifs is 1. The molecule has 5 nitrogen and oxygen atoms in total. The molecule has 2 aromatic rings. The fraction of sp³-hybridized carbons (Fsp3) is 0.471. The van der Waals surface area contributed by atoms with Crippen LogP contribution in [0.4, 0.5) is 4.39 Å². The summed E-state index contributed by atoms with van der Waals surface area (Å²) in [5, 5.41) is 0.383. The normalized spacial score (nSPS) is 19.3. The summed E-state index contributed by atoms with van der Waals surface area (Å²) in [4.78, 5) is 17.6. The number of hydrogen-bond donors (Lipinski definition) is 1. The lowest BCUT2D eigenvalue weighted by Gasteiger charge is -2.32. The van der Waals surface area contributed by atoms with Crippen molar-refractivity contribution in [2.75, 3.05) is 33.4 Å². The van der Waals surface area contributed by atoms with Gasteiger partial charge in [0.1, 0.15) is 5.82 Å². The second kappa shape index (κ2) is 7.21. The van der Waals surface area contributed by atoms with E-state index in [0.29, 0.717) is 30.7 Å². The number of H-pyrrole nitrogens is 1. The second-order valence-corrected chi connectivity index (χ2v) is 5.86. The maximum atomic E-state index is 13.2. The smallest absolute Gasteiger partial charge is 0.189 e. The summed E-state index contributed by atoms with van der Waals surface area (Å²) < 4.78 is 24.1. The molecule has 124 valence electrons. The first-order valence-corrected chi connectivity index (χ1v) is 7.80. The lowest BCUT2D eigenvalue weighted by Crippen LogP contribution is -2.42. The van der Waals surface area contributed by atoms with E-state index in [1.807, 2.05) is 0 Å². The number of morpholine rings is 1. The molecule has 6 heteroatoms. The number of nitrogens with zero attached hydrogens (tertiary/aromatic N) is 1. The van der Waals surface area contributed by atoms with Crippen LogP contribution in [0.15, 0.2) is 29.1 Å². The molecule has 0 bridgehead atoms. The third kappa shape index (κ3) is 3.96. The van der Waals surface area contributed by atoms with Crippen LogP contribution >= 0.6 is 0 Å². The van der Waals surface area contributed by atoms with Gasteiger partial charge in [0.05, 0.1) is 12.7 Å². The first-order chi connectivity index (χ1) is 11.2. The van der Waals surface area contributed by atoms with Crippen molar-refractivity contribution in [2.45, 2.75) is 19.1 Å². The van der Waals surface area contributed by atoms with Gasteiger partial charge in [-0.1, -0.05) is 0 Å². The van der Waals surface area contributed by atoms with Crippen LogP contribution in [0.2, 0.25) is 0 Å². The SMILES string of the molecule is COCC[C@@H]1CN(Cc2cc(=O)c3cc(F)ccc3[nH]2)CCO1. The minimum absolute atomic E-state index is 0.155. The molecule has 0 saturated carbocycles. The van der Waals surface area contributed by atoms with Gasteiger partial charge in [0, 0.05) is 56.0 Å². The zero-order valence-electron chi connectivity index (χ0n) is 13.2. The highest BCUT2D eigenvalue weighted by Gasteiger charge is 2.20. The molecular weight excluding hydrogens is 299 g/mol. The number of benzene rings is 1. The molecule has 3 rings (SSSR count). The molecule has 0 radical (unpaired) electrons. The van der Waals surface area contributed by atoms with E-state index in [-0.39, 0.29) is 11.5 Å². The van der Waals surface area contributed by atoms with Crippen LogP contribution in [0.5, 0.6) is 0 Å². The van der Waals surface area contributed by atoms with Crippen molar-refractivity contribution in [1.29, 1.82) is 0 Å². The number of rotatable bonds is 5. The Morgan fingerprint density at radius 3 is 3.13 bits per heavy atom. The summed E-state index contributed by atoms with van der Waals surface area (Å²) in [6.07, 6.45) is 1.02. The molecule has 1 aliphatic rings. The molecular formula is C17H21FN2O3. The average molecular weight is 320 g/mol. The molecule has 1 N–H and O–H groups in total. The Bertz CT molecular complexity index is 731. The van der Waals surface area contributed by atoms with Crippen LogP contribution in [0.1, 0.15) is 12.1 Å². The molecule has 0 unspecified atom stereocenters. The highest BCUT2D eigenvalue weighted by Crippen LogP contribution is 2.14. The van der Waals surface area contributed by atoms with E-state index in [1.165, 1.54) is 12.1 Å². The van der Waals surface area contributed by atoms with Crippen molar-refractivity contribution in [1.82, 2.24) is 9.88 Å². The van der Waals surface area contributed by atoms with E-state index in [0.717, 1.165) is 25.2 Å². The first-order valence-electron chi connectivity index (χ1n) is 7.80. The fourth-order valence-electron chi connectivity index (χ4n) is 2.95. The van der Waals surface area contributed by atoms with Crippen molar-refractivity contribution < 1.29 is 13.9 Å². The standard InChI is InChI=1S/C17H21FN2O3/c1-22-6-4-14-11-20(5-7-23-14)10-13-9-17(21)15-8-12(18)2-3-16(15)19-13/h2-3,8-9,14H,4-7,10-11H2,1H3,(H,19,21)/t14-/m1/s1. The molecule has 0 spiro atoms. The lowest BCUT2D eigenvalue weighted by molar-refractivity contribution is -0.0435. The van der Waals surface area contributed by atoms with Gasteiger partial charge in [-0.2, -0.15) is 0 Å². The number of aromatic nitrogens is 1. The first kappa shape index (κ1) is 16.1. The Morgan fingerprint density at radius 1 is 1.43 bits per heavy atom. The molecule has 1 atom stereocenters. The van der Waals surface area contributed by atoms with E-state index in [9.17, 15) is 9.18 Å². The zero-order valence-corrected chi connectivity index (χ0v) is 13.2. The minimum atomic E-state index is -0.398. The molecule has 2 heterocycles. The van der Waals surface area contributed by atoms with Crippen LogP contribution < -0.4 is 5.43 Å². The highest BCUT2D eigenvalue weighted by molar-refractivity contribution is 5.78. The summed E-state index contributed by atoms with van der Waals surface area (Å²) in [6.45, 7) is 3.64. The molecule has 0 aliphatic carbocycles. The van der Waals surface area contributed by atoms with Crippen LogP contribution in [0.25, 0.3) is 10.9 Å². The predicted octanol–water partition coefficient (Wildman–Crippen LogP) is 1.90. The molecule has 1 fully saturated rings. The third-order valence-electron chi connectivity index (χ3n) is 4.11. The molecule has 1 aromatic heterocycles. The van der Waals surface area contributed by atoms with E-state index in [2.05, 4.69) is 9.88 Å². The molecule has 0 amide bonds. The molecule has 1 aromatic carbocycles. The number of nitrogens with one attached hydrogen (secondary N) is 1. The largest absolute Gasteiger partial charge is 0.385 e. The Labute approximate surface area is 134 Å². The summed E-state index contributed by atoms with van der Waals surface area (Å²) in [7, 11) is 1.68. The molecule has 1 saturated heterocycles. The monoisotopic (exact) mass is 320 g/mol. The quantitative estimate of drug-likeness (QED) is 0.914. The van der Waals surface area contributed by atoms with Gasteiger partial charge in [0.2, 0.25) is 0 Å². The van der Waals surface area contributed by atoms with Crippen LogP contribution in [-0.4, -0.2) is 49.4 Å². The average Bonchev–Trinajstić information content (AvgIpc) is 2.54. The minimum Gasteiger partial charge on any atom is -0.385 e. The Kier molecular flexibility index (Phi) is 5.05. The zero-order chi connectivity index (χ0) is 16.2. The van der Waals surface area contributed by atoms with Crippen LogP contribution in [0, 0.1) is 5.82 Å². The third-order valence-corrected chi connectivity index (χ3v) is 4.11. The van der Waals surface area contributed by atoms with Gasteiger partial charge in [-0.05, 0) is 24.6 Å². The number of halogens is 1. The number of pyridine rings is 1. The van der Waals surface area contributed by atoms with E-state index < -0.39 is 5.82 Å². The van der Waals surface area contributed by atoms with Crippen molar-refractivity contribution in [2.24, 2.45) is 0 Å². The summed E-state index contributed by atoms with van der Waals surface area (Å²) in [5.74, 6) is -0.398. The van der Waals surface area contributed by atoms with Gasteiger partial charge in [0.25, 0.3) is 0 Å². The summed E-state index contributed by atoms with van der Waals surface area (Å²) in [6, 6.07) is 5.79. The number of hydrogen-bond acceptors (Lipinski definition) is 4. The van der Waals surface area contributed by atoms with Gasteiger partial charge in [-0.25, -0.2) is 4.39 Å². The Balaban J connectivity index is 1.73. The number of methoxy groups -OCH3 is 1. The van der Waals surface area contributed by atoms with Gasteiger partial charge >= 0.3 is 0 Å². The van der Waals surface area contributed by atoms with Gasteiger partial charge < -0.3 is 14.5 Å². The van der Waals surface area contributed by atoms with Gasteiger partial charge in [-0.3, -0.25) is 9.69 Å². The maximum Gasteiger partial charge on any atom is 0.189 e. The number of ether oxygens (including phenoxy) is 2. The van der Waals surface area contributed by atoms with Gasteiger partial charge in [0.15, 0.2) is 5.43 Å². The Hall–Kier alpha value is -1.76. The Morgan fingerprint density at radius 2 is 2.30 bits per heavy atom. The van der Waals surface area contributed by atoms with Crippen LogP contribution in [-0.2, 0) is 16.0 Å². The summed E-state index contributed by atoms with van der Waals surface area (Å²) in [5.41, 5.74) is 1.34. The molecule has 1 aliphatic heterocycles. The predicted molar refractivity (Wildman–Crippen MR) is 86.0 cm³/mol. The lowest BCUT2D eigenvalue weighted by atomic mass is 10.1. The van der Waals surface area contributed by atoms with E-state index in [1.54, 1.807) is 19.2 Å². The topological polar surface area (TPSA) is 54.6 Å². The van der Waals surface area contributed by atoms with Gasteiger partial charge in [-0.15, -0.1) is 0 Å². The van der Waals surface area contributed by atoms with Crippen LogP contribution in [0.3, 0.4) is 0 Å². The van der Waals surface area contributed by atoms with Crippen molar-refractivity contribution in [3.63, 3.8) is 0 Å². The van der Waals surface area contributed by atoms with Crippen molar-refractivity contribution in [3.8, 4) is 0 Å². The van der Waals surface area contributed by atoms with E-state index in [4.69, 9.17) is 9.47 Å². The molecule has 23 heavy (non-hydrogen) atoms. The number of aromatic amines is 1. The highest BCUT2D eigenvalue weighted by atomic mass is 19.1. The summed E-state index contributed by atoms with van der Waals surface area (Å²) >= 11 is 0. The second-order valence-electron chi connectivity index (χ2n) is 5.86. The van der Waals surface area contributed by atoms with Crippen molar-refractivity contribution >= 4 is 10.9 Å². The van der Waals surface area contributed by atoms with E-state index >= 15 is 0 Å². The fourth-order valence-corrected chi connectivity index (χ4v) is 2.95. The maximum absolute atomic E-state index is 13.2. The van der Waals surface area contributed by atoms with Crippen molar-refractivity contribution in [3.05, 3.63) is 46.0 Å².